The lowest BCUT2D eigenvalue weighted by Gasteiger charge is -2.08. The van der Waals surface area contributed by atoms with Gasteiger partial charge in [-0.1, -0.05) is 43.7 Å². The van der Waals surface area contributed by atoms with Crippen LogP contribution in [0.3, 0.4) is 0 Å². The summed E-state index contributed by atoms with van der Waals surface area (Å²) in [6, 6.07) is 8.28. The molecule has 0 spiro atoms. The van der Waals surface area contributed by atoms with Gasteiger partial charge in [-0.2, -0.15) is 0 Å². The van der Waals surface area contributed by atoms with Gasteiger partial charge in [0.05, 0.1) is 72.7 Å². The molecule has 188 valence electrons. The van der Waals surface area contributed by atoms with Crippen molar-refractivity contribution < 1.29 is 42.7 Å². The zero-order valence-corrected chi connectivity index (χ0v) is 19.7. The molecule has 0 saturated carbocycles. The van der Waals surface area contributed by atoms with Crippen molar-refractivity contribution in [3.8, 4) is 0 Å². The highest BCUT2D eigenvalue weighted by atomic mass is 16.6. The molecule has 1 rings (SSSR count). The zero-order valence-electron chi connectivity index (χ0n) is 19.7. The Kier molecular flexibility index (Phi) is 19.4. The third kappa shape index (κ3) is 17.3. The number of Topliss-reactive ketones (excluding diaryl/α,β-unsaturated/α-hetero) is 1. The lowest BCUT2D eigenvalue weighted by Crippen LogP contribution is -2.20. The topological polar surface area (TPSA) is 98.8 Å². The van der Waals surface area contributed by atoms with E-state index in [0.717, 1.165) is 19.4 Å². The Morgan fingerprint density at radius 2 is 0.970 bits per heavy atom. The van der Waals surface area contributed by atoms with Gasteiger partial charge in [-0.05, 0) is 6.42 Å². The van der Waals surface area contributed by atoms with Gasteiger partial charge in [0.25, 0.3) is 5.78 Å². The van der Waals surface area contributed by atoms with E-state index in [1.54, 1.807) is 30.3 Å². The first-order valence-corrected chi connectivity index (χ1v) is 11.5. The molecule has 0 heterocycles. The van der Waals surface area contributed by atoms with Crippen molar-refractivity contribution in [2.45, 2.75) is 19.8 Å². The number of hydrogen-bond donors (Lipinski definition) is 0. The van der Waals surface area contributed by atoms with Crippen molar-refractivity contribution in [2.24, 2.45) is 0 Å². The molecule has 9 nitrogen and oxygen atoms in total. The molecule has 0 aliphatic heterocycles. The summed E-state index contributed by atoms with van der Waals surface area (Å²) in [4.78, 5) is 23.5. The average molecular weight is 471 g/mol. The van der Waals surface area contributed by atoms with Gasteiger partial charge < -0.3 is 33.2 Å². The third-order valence-electron chi connectivity index (χ3n) is 4.18. The van der Waals surface area contributed by atoms with Crippen LogP contribution < -0.4 is 0 Å². The maximum absolute atomic E-state index is 11.8. The number of ether oxygens (including phenoxy) is 7. The van der Waals surface area contributed by atoms with E-state index in [4.69, 9.17) is 33.2 Å². The van der Waals surface area contributed by atoms with E-state index in [2.05, 4.69) is 6.92 Å². The average Bonchev–Trinajstić information content (AvgIpc) is 2.85. The van der Waals surface area contributed by atoms with Crippen LogP contribution in [0.4, 0.5) is 0 Å². The highest BCUT2D eigenvalue weighted by molar-refractivity contribution is 6.40. The Morgan fingerprint density at radius 1 is 0.576 bits per heavy atom. The van der Waals surface area contributed by atoms with Crippen LogP contribution in [-0.4, -0.2) is 97.6 Å². The van der Waals surface area contributed by atoms with Crippen molar-refractivity contribution in [1.82, 2.24) is 0 Å². The Balaban J connectivity index is 1.75. The molecule has 0 aliphatic carbocycles. The van der Waals surface area contributed by atoms with Gasteiger partial charge in [0.15, 0.2) is 0 Å². The van der Waals surface area contributed by atoms with Gasteiger partial charge in [0, 0.05) is 12.2 Å². The highest BCUT2D eigenvalue weighted by Crippen LogP contribution is 2.01. The number of unbranched alkanes of at least 4 members (excludes halogenated alkanes) is 1. The smallest absolute Gasteiger partial charge is 0.379 e. The van der Waals surface area contributed by atoms with Crippen molar-refractivity contribution in [1.29, 1.82) is 0 Å². The lowest BCUT2D eigenvalue weighted by molar-refractivity contribution is -0.139. The van der Waals surface area contributed by atoms with E-state index in [9.17, 15) is 9.59 Å². The van der Waals surface area contributed by atoms with E-state index >= 15 is 0 Å². The van der Waals surface area contributed by atoms with Crippen LogP contribution in [0.5, 0.6) is 0 Å². The first kappa shape index (κ1) is 29.2. The maximum atomic E-state index is 11.8. The quantitative estimate of drug-likeness (QED) is 0.103. The van der Waals surface area contributed by atoms with Crippen molar-refractivity contribution in [3.05, 3.63) is 35.9 Å². The second-order valence-electron chi connectivity index (χ2n) is 6.86. The first-order chi connectivity index (χ1) is 16.3. The summed E-state index contributed by atoms with van der Waals surface area (Å²) < 4.78 is 37.2. The van der Waals surface area contributed by atoms with Crippen molar-refractivity contribution in [3.63, 3.8) is 0 Å². The van der Waals surface area contributed by atoms with Crippen molar-refractivity contribution in [2.75, 3.05) is 85.9 Å². The monoisotopic (exact) mass is 470 g/mol. The number of rotatable bonds is 23. The summed E-state index contributed by atoms with van der Waals surface area (Å²) in [7, 11) is 0. The van der Waals surface area contributed by atoms with Gasteiger partial charge >= 0.3 is 5.97 Å². The molecular formula is C24H38O9. The zero-order chi connectivity index (χ0) is 23.8. The van der Waals surface area contributed by atoms with E-state index in [0.29, 0.717) is 71.6 Å². The molecule has 1 aromatic carbocycles. The highest BCUT2D eigenvalue weighted by Gasteiger charge is 2.16. The Labute approximate surface area is 196 Å². The predicted molar refractivity (Wildman–Crippen MR) is 122 cm³/mol. The molecule has 0 aromatic heterocycles. The Hall–Kier alpha value is -1.88. The minimum Gasteiger partial charge on any atom is -0.457 e. The molecule has 1 aromatic rings. The lowest BCUT2D eigenvalue weighted by atomic mass is 10.1. The van der Waals surface area contributed by atoms with Crippen LogP contribution in [0, 0.1) is 0 Å². The SMILES string of the molecule is CCCCOCCOCCOCCOCCOCCOCCOC(=O)C(=O)c1ccccc1. The van der Waals surface area contributed by atoms with Gasteiger partial charge in [-0.25, -0.2) is 4.79 Å². The van der Waals surface area contributed by atoms with E-state index in [1.807, 2.05) is 0 Å². The second-order valence-corrected chi connectivity index (χ2v) is 6.86. The molecule has 33 heavy (non-hydrogen) atoms. The van der Waals surface area contributed by atoms with Gasteiger partial charge in [0.1, 0.15) is 6.61 Å². The minimum absolute atomic E-state index is 0.0122. The van der Waals surface area contributed by atoms with Crippen LogP contribution in [-0.2, 0) is 38.0 Å². The molecular weight excluding hydrogens is 432 g/mol. The molecule has 0 aliphatic rings. The fourth-order valence-corrected chi connectivity index (χ4v) is 2.41. The standard InChI is InChI=1S/C24H38O9/c1-2-3-9-27-10-11-28-12-13-29-14-15-30-16-17-31-18-19-32-20-21-33-24(26)23(25)22-7-5-4-6-8-22/h4-8H,2-3,9-21H2,1H3. The Morgan fingerprint density at radius 3 is 1.39 bits per heavy atom. The normalized spacial score (nSPS) is 10.9. The molecule has 0 radical (unpaired) electrons. The van der Waals surface area contributed by atoms with Crippen molar-refractivity contribution >= 4 is 11.8 Å². The molecule has 0 atom stereocenters. The molecule has 0 bridgehead atoms. The minimum atomic E-state index is -0.887. The summed E-state index contributed by atoms with van der Waals surface area (Å²) >= 11 is 0. The number of carbonyl (C=O) groups excluding carboxylic acids is 2. The number of ketones is 1. The maximum Gasteiger partial charge on any atom is 0.379 e. The summed E-state index contributed by atoms with van der Waals surface area (Å²) in [6.07, 6.45) is 2.22. The largest absolute Gasteiger partial charge is 0.457 e. The summed E-state index contributed by atoms with van der Waals surface area (Å²) in [5, 5.41) is 0. The molecule has 9 heteroatoms. The third-order valence-corrected chi connectivity index (χ3v) is 4.18. The van der Waals surface area contributed by atoms with E-state index < -0.39 is 11.8 Å². The Bertz CT molecular complexity index is 595. The van der Waals surface area contributed by atoms with Crippen LogP contribution in [0.2, 0.25) is 0 Å². The molecule has 0 saturated heterocycles. The van der Waals surface area contributed by atoms with Crippen LogP contribution in [0.25, 0.3) is 0 Å². The van der Waals surface area contributed by atoms with E-state index in [1.165, 1.54) is 0 Å². The fraction of sp³-hybridized carbons (Fsp3) is 0.667. The molecule has 0 unspecified atom stereocenters. The summed E-state index contributed by atoms with van der Waals surface area (Å²) in [5.41, 5.74) is 0.304. The number of hydrogen-bond acceptors (Lipinski definition) is 9. The van der Waals surface area contributed by atoms with Crippen LogP contribution >= 0.6 is 0 Å². The predicted octanol–water partition coefficient (Wildman–Crippen LogP) is 2.31. The molecule has 0 amide bonds. The van der Waals surface area contributed by atoms with Gasteiger partial charge in [-0.15, -0.1) is 0 Å². The summed E-state index contributed by atoms with van der Waals surface area (Å²) in [5.74, 6) is -1.55. The fourth-order valence-electron chi connectivity index (χ4n) is 2.41. The second kappa shape index (κ2) is 21.9. The number of esters is 1. The molecule has 0 fully saturated rings. The number of carbonyl (C=O) groups is 2. The van der Waals surface area contributed by atoms with E-state index in [-0.39, 0.29) is 13.2 Å². The number of benzene rings is 1. The first-order valence-electron chi connectivity index (χ1n) is 11.5. The van der Waals surface area contributed by atoms with Crippen LogP contribution in [0.15, 0.2) is 30.3 Å². The van der Waals surface area contributed by atoms with Gasteiger partial charge in [0.2, 0.25) is 0 Å². The van der Waals surface area contributed by atoms with Gasteiger partial charge in [-0.3, -0.25) is 4.79 Å². The molecule has 0 N–H and O–H groups in total. The summed E-state index contributed by atoms with van der Waals surface area (Å²) in [6.45, 7) is 8.09. The van der Waals surface area contributed by atoms with Crippen LogP contribution in [0.1, 0.15) is 30.1 Å².